The second-order valence-corrected chi connectivity index (χ2v) is 3.69. The highest BCUT2D eigenvalue weighted by Crippen LogP contribution is 2.34. The molecule has 0 bridgehead atoms. The SMILES string of the molecule is CC1=C2CCCCC2COC1=O. The third-order valence-electron chi connectivity index (χ3n) is 2.94. The highest BCUT2D eigenvalue weighted by Gasteiger charge is 2.28. The lowest BCUT2D eigenvalue weighted by atomic mass is 9.81. The van der Waals surface area contributed by atoms with E-state index in [4.69, 9.17) is 4.74 Å². The van der Waals surface area contributed by atoms with Crippen LogP contribution >= 0.6 is 0 Å². The predicted molar refractivity (Wildman–Crippen MR) is 45.6 cm³/mol. The number of cyclic esters (lactones) is 1. The molecular formula is C10H14O2. The summed E-state index contributed by atoms with van der Waals surface area (Å²) in [6.07, 6.45) is 4.86. The van der Waals surface area contributed by atoms with Crippen LogP contribution in [0, 0.1) is 5.92 Å². The van der Waals surface area contributed by atoms with Crippen molar-refractivity contribution in [3.8, 4) is 0 Å². The average molecular weight is 166 g/mol. The molecule has 1 fully saturated rings. The van der Waals surface area contributed by atoms with Crippen LogP contribution in [-0.2, 0) is 9.53 Å². The number of carbonyl (C=O) groups excluding carboxylic acids is 1. The lowest BCUT2D eigenvalue weighted by Gasteiger charge is -2.30. The maximum atomic E-state index is 11.2. The van der Waals surface area contributed by atoms with Gasteiger partial charge in [0, 0.05) is 11.5 Å². The molecule has 0 amide bonds. The van der Waals surface area contributed by atoms with Gasteiger partial charge in [-0.15, -0.1) is 0 Å². The molecule has 0 aromatic heterocycles. The number of hydrogen-bond donors (Lipinski definition) is 0. The molecule has 12 heavy (non-hydrogen) atoms. The van der Waals surface area contributed by atoms with Crippen molar-refractivity contribution < 1.29 is 9.53 Å². The third kappa shape index (κ3) is 1.15. The number of fused-ring (bicyclic) bond motifs is 1. The number of carbonyl (C=O) groups is 1. The number of ether oxygens (including phenoxy) is 1. The Hall–Kier alpha value is -0.790. The highest BCUT2D eigenvalue weighted by molar-refractivity contribution is 5.89. The van der Waals surface area contributed by atoms with Gasteiger partial charge in [0.25, 0.3) is 0 Å². The Kier molecular flexibility index (Phi) is 1.91. The van der Waals surface area contributed by atoms with Crippen molar-refractivity contribution in [1.82, 2.24) is 0 Å². The van der Waals surface area contributed by atoms with Crippen molar-refractivity contribution in [3.05, 3.63) is 11.1 Å². The molecule has 0 spiro atoms. The Morgan fingerprint density at radius 2 is 2.25 bits per heavy atom. The summed E-state index contributed by atoms with van der Waals surface area (Å²) >= 11 is 0. The minimum atomic E-state index is -0.0943. The van der Waals surface area contributed by atoms with Gasteiger partial charge in [0.05, 0.1) is 6.61 Å². The van der Waals surface area contributed by atoms with E-state index in [9.17, 15) is 4.79 Å². The number of esters is 1. The zero-order valence-electron chi connectivity index (χ0n) is 7.43. The lowest BCUT2D eigenvalue weighted by Crippen LogP contribution is -2.27. The summed E-state index contributed by atoms with van der Waals surface area (Å²) in [6, 6.07) is 0. The molecule has 1 aliphatic heterocycles. The van der Waals surface area contributed by atoms with Gasteiger partial charge in [-0.3, -0.25) is 0 Å². The lowest BCUT2D eigenvalue weighted by molar-refractivity contribution is -0.141. The molecule has 0 aromatic carbocycles. The average Bonchev–Trinajstić information content (AvgIpc) is 2.12. The van der Waals surface area contributed by atoms with Gasteiger partial charge in [0.1, 0.15) is 0 Å². The molecule has 2 aliphatic rings. The Morgan fingerprint density at radius 1 is 1.42 bits per heavy atom. The van der Waals surface area contributed by atoms with E-state index in [1.54, 1.807) is 0 Å². The van der Waals surface area contributed by atoms with E-state index < -0.39 is 0 Å². The van der Waals surface area contributed by atoms with Crippen LogP contribution in [0.15, 0.2) is 11.1 Å². The quantitative estimate of drug-likeness (QED) is 0.515. The van der Waals surface area contributed by atoms with Crippen LogP contribution in [0.3, 0.4) is 0 Å². The summed E-state index contributed by atoms with van der Waals surface area (Å²) in [4.78, 5) is 11.2. The van der Waals surface area contributed by atoms with Gasteiger partial charge in [-0.05, 0) is 26.2 Å². The first-order chi connectivity index (χ1) is 5.79. The Bertz CT molecular complexity index is 240. The Labute approximate surface area is 72.6 Å². The summed E-state index contributed by atoms with van der Waals surface area (Å²) < 4.78 is 5.06. The fourth-order valence-electron chi connectivity index (χ4n) is 2.18. The molecule has 0 radical (unpaired) electrons. The van der Waals surface area contributed by atoms with E-state index in [2.05, 4.69) is 0 Å². The fraction of sp³-hybridized carbons (Fsp3) is 0.700. The van der Waals surface area contributed by atoms with Gasteiger partial charge in [0.2, 0.25) is 0 Å². The monoisotopic (exact) mass is 166 g/mol. The van der Waals surface area contributed by atoms with Gasteiger partial charge >= 0.3 is 5.97 Å². The van der Waals surface area contributed by atoms with Crippen LogP contribution in [0.4, 0.5) is 0 Å². The first kappa shape index (κ1) is 7.84. The highest BCUT2D eigenvalue weighted by atomic mass is 16.5. The maximum absolute atomic E-state index is 11.2. The Balaban J connectivity index is 2.29. The topological polar surface area (TPSA) is 26.3 Å². The minimum absolute atomic E-state index is 0.0943. The molecule has 0 saturated heterocycles. The van der Waals surface area contributed by atoms with Crippen molar-refractivity contribution in [2.75, 3.05) is 6.61 Å². The Morgan fingerprint density at radius 3 is 3.08 bits per heavy atom. The zero-order chi connectivity index (χ0) is 8.55. The summed E-state index contributed by atoms with van der Waals surface area (Å²) in [5.41, 5.74) is 2.25. The molecule has 1 saturated carbocycles. The molecule has 66 valence electrons. The second kappa shape index (κ2) is 2.92. The maximum Gasteiger partial charge on any atom is 0.333 e. The van der Waals surface area contributed by atoms with E-state index in [0.29, 0.717) is 12.5 Å². The van der Waals surface area contributed by atoms with Crippen molar-refractivity contribution in [1.29, 1.82) is 0 Å². The molecule has 1 unspecified atom stereocenters. The van der Waals surface area contributed by atoms with E-state index in [-0.39, 0.29) is 5.97 Å². The zero-order valence-corrected chi connectivity index (χ0v) is 7.43. The van der Waals surface area contributed by atoms with Crippen LogP contribution in [0.1, 0.15) is 32.6 Å². The van der Waals surface area contributed by atoms with Crippen LogP contribution in [0.2, 0.25) is 0 Å². The van der Waals surface area contributed by atoms with E-state index >= 15 is 0 Å². The van der Waals surface area contributed by atoms with E-state index in [1.807, 2.05) is 6.92 Å². The molecule has 2 heteroatoms. The molecule has 1 aliphatic carbocycles. The molecule has 2 nitrogen and oxygen atoms in total. The largest absolute Gasteiger partial charge is 0.462 e. The summed E-state index contributed by atoms with van der Waals surface area (Å²) in [7, 11) is 0. The second-order valence-electron chi connectivity index (χ2n) is 3.69. The summed E-state index contributed by atoms with van der Waals surface area (Å²) in [5, 5.41) is 0. The standard InChI is InChI=1S/C10H14O2/c1-7-9-5-3-2-4-8(9)6-12-10(7)11/h8H,2-6H2,1H3. The van der Waals surface area contributed by atoms with Crippen LogP contribution in [0.25, 0.3) is 0 Å². The summed E-state index contributed by atoms with van der Waals surface area (Å²) in [6.45, 7) is 2.53. The van der Waals surface area contributed by atoms with Crippen LogP contribution < -0.4 is 0 Å². The van der Waals surface area contributed by atoms with Gasteiger partial charge in [-0.25, -0.2) is 4.79 Å². The van der Waals surface area contributed by atoms with Crippen LogP contribution in [0.5, 0.6) is 0 Å². The molecule has 1 atom stereocenters. The van der Waals surface area contributed by atoms with E-state index in [0.717, 1.165) is 12.0 Å². The van der Waals surface area contributed by atoms with Crippen molar-refractivity contribution in [2.24, 2.45) is 5.92 Å². The van der Waals surface area contributed by atoms with Crippen molar-refractivity contribution >= 4 is 5.97 Å². The molecule has 0 N–H and O–H groups in total. The van der Waals surface area contributed by atoms with Gasteiger partial charge in [-0.1, -0.05) is 12.0 Å². The van der Waals surface area contributed by atoms with Gasteiger partial charge in [-0.2, -0.15) is 0 Å². The first-order valence-electron chi connectivity index (χ1n) is 4.66. The minimum Gasteiger partial charge on any atom is -0.462 e. The predicted octanol–water partition coefficient (Wildman–Crippen LogP) is 2.05. The van der Waals surface area contributed by atoms with Crippen molar-refractivity contribution in [2.45, 2.75) is 32.6 Å². The van der Waals surface area contributed by atoms with Crippen molar-refractivity contribution in [3.63, 3.8) is 0 Å². The van der Waals surface area contributed by atoms with Gasteiger partial charge in [0.15, 0.2) is 0 Å². The molecule has 0 aromatic rings. The molecule has 2 rings (SSSR count). The smallest absolute Gasteiger partial charge is 0.333 e. The molecule has 1 heterocycles. The third-order valence-corrected chi connectivity index (χ3v) is 2.94. The summed E-state index contributed by atoms with van der Waals surface area (Å²) in [5.74, 6) is 0.458. The van der Waals surface area contributed by atoms with Crippen LogP contribution in [-0.4, -0.2) is 12.6 Å². The van der Waals surface area contributed by atoms with Gasteiger partial charge < -0.3 is 4.74 Å². The first-order valence-corrected chi connectivity index (χ1v) is 4.66. The fourth-order valence-corrected chi connectivity index (χ4v) is 2.18. The number of rotatable bonds is 0. The number of hydrogen-bond acceptors (Lipinski definition) is 2. The van der Waals surface area contributed by atoms with E-state index in [1.165, 1.54) is 24.8 Å². The normalized spacial score (nSPS) is 29.8. The molecular weight excluding hydrogens is 152 g/mol.